The molecule has 0 aliphatic heterocycles. The number of rotatable bonds is 2. The molecule has 1 aromatic carbocycles. The van der Waals surface area contributed by atoms with E-state index in [0.717, 1.165) is 9.79 Å². The van der Waals surface area contributed by atoms with Gasteiger partial charge in [0.15, 0.2) is 0 Å². The van der Waals surface area contributed by atoms with E-state index in [0.29, 0.717) is 5.02 Å². The summed E-state index contributed by atoms with van der Waals surface area (Å²) in [5.41, 5.74) is 0. The fourth-order valence-corrected chi connectivity index (χ4v) is 2.55. The van der Waals surface area contributed by atoms with E-state index in [-0.39, 0.29) is 0 Å². The number of benzene rings is 1. The van der Waals surface area contributed by atoms with Crippen molar-refractivity contribution in [3.05, 3.63) is 23.2 Å². The summed E-state index contributed by atoms with van der Waals surface area (Å²) in [4.78, 5) is 1.63. The first-order valence-corrected chi connectivity index (χ1v) is 6.90. The Kier molecular flexibility index (Phi) is 3.96. The molecule has 12 heavy (non-hydrogen) atoms. The molecule has 0 saturated heterocycles. The number of thiol groups is 1. The summed E-state index contributed by atoms with van der Waals surface area (Å²) >= 11 is 9.89. The monoisotopic (exact) mass is 238 g/mol. The van der Waals surface area contributed by atoms with Gasteiger partial charge in [-0.25, -0.2) is 0 Å². The summed E-state index contributed by atoms with van der Waals surface area (Å²) in [6.07, 6.45) is 1.62. The van der Waals surface area contributed by atoms with E-state index in [9.17, 15) is 4.21 Å². The van der Waals surface area contributed by atoms with Crippen LogP contribution >= 0.6 is 34.1 Å². The van der Waals surface area contributed by atoms with Gasteiger partial charge in [-0.15, -0.1) is 11.7 Å². The molecule has 0 aliphatic carbocycles. The molecular weight excluding hydrogens is 232 g/mol. The Bertz CT molecular complexity index is 314. The van der Waals surface area contributed by atoms with Crippen molar-refractivity contribution >= 4 is 44.9 Å². The van der Waals surface area contributed by atoms with E-state index >= 15 is 0 Å². The predicted molar refractivity (Wildman–Crippen MR) is 58.6 cm³/mol. The summed E-state index contributed by atoms with van der Waals surface area (Å²) in [6, 6.07) is 5.31. The molecule has 1 aromatic rings. The second kappa shape index (κ2) is 4.56. The summed E-state index contributed by atoms with van der Waals surface area (Å²) in [6.45, 7) is 0. The zero-order valence-electron chi connectivity index (χ0n) is 6.28. The Balaban J connectivity index is 3.10. The average Bonchev–Trinajstić information content (AvgIpc) is 2.04. The van der Waals surface area contributed by atoms with Gasteiger partial charge in [0.25, 0.3) is 0 Å². The quantitative estimate of drug-likeness (QED) is 0.630. The van der Waals surface area contributed by atoms with Crippen LogP contribution < -0.4 is 0 Å². The molecule has 0 aromatic heterocycles. The first kappa shape index (κ1) is 10.4. The lowest BCUT2D eigenvalue weighted by Crippen LogP contribution is -1.86. The lowest BCUT2D eigenvalue weighted by Gasteiger charge is -2.01. The van der Waals surface area contributed by atoms with Crippen LogP contribution in [-0.2, 0) is 10.8 Å². The minimum Gasteiger partial charge on any atom is -0.255 e. The maximum Gasteiger partial charge on any atom is 0.0562 e. The van der Waals surface area contributed by atoms with Gasteiger partial charge in [0.1, 0.15) is 0 Å². The Morgan fingerprint density at radius 1 is 1.58 bits per heavy atom. The van der Waals surface area contributed by atoms with E-state index < -0.39 is 10.8 Å². The predicted octanol–water partition coefficient (Wildman–Crippen LogP) is 3.01. The molecular formula is C7H7ClOS3. The highest BCUT2D eigenvalue weighted by Crippen LogP contribution is 2.30. The molecule has 0 N–H and O–H groups in total. The van der Waals surface area contributed by atoms with Gasteiger partial charge in [0.2, 0.25) is 0 Å². The molecule has 0 heterocycles. The van der Waals surface area contributed by atoms with Gasteiger partial charge in [0, 0.05) is 26.8 Å². The van der Waals surface area contributed by atoms with Gasteiger partial charge in [-0.3, -0.25) is 4.21 Å². The first-order valence-electron chi connectivity index (χ1n) is 3.09. The van der Waals surface area contributed by atoms with E-state index in [2.05, 4.69) is 11.7 Å². The maximum absolute atomic E-state index is 11.0. The largest absolute Gasteiger partial charge is 0.255 e. The average molecular weight is 239 g/mol. The number of hydrogen-bond donors (Lipinski definition) is 1. The lowest BCUT2D eigenvalue weighted by atomic mass is 10.4. The topological polar surface area (TPSA) is 17.1 Å². The molecule has 0 aliphatic rings. The molecule has 0 amide bonds. The Morgan fingerprint density at radius 2 is 2.25 bits per heavy atom. The second-order valence-corrected chi connectivity index (χ2v) is 5.09. The fourth-order valence-electron chi connectivity index (χ4n) is 0.734. The molecule has 0 fully saturated rings. The van der Waals surface area contributed by atoms with Crippen molar-refractivity contribution in [1.29, 1.82) is 0 Å². The molecule has 1 rings (SSSR count). The van der Waals surface area contributed by atoms with Crippen LogP contribution in [0.1, 0.15) is 0 Å². The van der Waals surface area contributed by atoms with Crippen molar-refractivity contribution in [2.24, 2.45) is 0 Å². The minimum atomic E-state index is -0.968. The molecule has 66 valence electrons. The van der Waals surface area contributed by atoms with Gasteiger partial charge < -0.3 is 0 Å². The lowest BCUT2D eigenvalue weighted by molar-refractivity contribution is 0.686. The van der Waals surface area contributed by atoms with Crippen LogP contribution in [0, 0.1) is 0 Å². The summed E-state index contributed by atoms with van der Waals surface area (Å²) in [5.74, 6) is 0. The highest BCUT2D eigenvalue weighted by atomic mass is 35.5. The van der Waals surface area contributed by atoms with Gasteiger partial charge in [-0.05, 0) is 18.2 Å². The Hall–Kier alpha value is 0.360. The van der Waals surface area contributed by atoms with Crippen LogP contribution in [0.5, 0.6) is 0 Å². The van der Waals surface area contributed by atoms with Crippen LogP contribution in [0.15, 0.2) is 28.0 Å². The zero-order chi connectivity index (χ0) is 9.14. The second-order valence-electron chi connectivity index (χ2n) is 2.14. The molecule has 0 spiro atoms. The summed E-state index contributed by atoms with van der Waals surface area (Å²) in [5, 5.41) is 0.600. The highest BCUT2D eigenvalue weighted by molar-refractivity contribution is 8.68. The molecule has 0 radical (unpaired) electrons. The van der Waals surface area contributed by atoms with Crippen molar-refractivity contribution in [3.63, 3.8) is 0 Å². The van der Waals surface area contributed by atoms with Crippen molar-refractivity contribution in [3.8, 4) is 0 Å². The van der Waals surface area contributed by atoms with Crippen molar-refractivity contribution in [1.82, 2.24) is 0 Å². The van der Waals surface area contributed by atoms with Gasteiger partial charge in [-0.2, -0.15) is 0 Å². The van der Waals surface area contributed by atoms with Crippen molar-refractivity contribution in [2.75, 3.05) is 6.26 Å². The van der Waals surface area contributed by atoms with Crippen molar-refractivity contribution in [2.45, 2.75) is 9.79 Å². The standard InChI is InChI=1S/C7H7ClOS3/c1-12(9)5-2-3-7(11-10)6(8)4-5/h2-4,10H,1H3. The molecule has 0 saturated carbocycles. The zero-order valence-corrected chi connectivity index (χ0v) is 9.57. The van der Waals surface area contributed by atoms with Crippen molar-refractivity contribution < 1.29 is 4.21 Å². The molecule has 1 nitrogen and oxygen atoms in total. The third-order valence-corrected chi connectivity index (χ3v) is 3.82. The number of hydrogen-bond acceptors (Lipinski definition) is 3. The third-order valence-electron chi connectivity index (χ3n) is 1.33. The van der Waals surface area contributed by atoms with Crippen LogP contribution in [0.2, 0.25) is 5.02 Å². The SMILES string of the molecule is CS(=O)c1ccc(SS)c(Cl)c1. The summed E-state index contributed by atoms with van der Waals surface area (Å²) in [7, 11) is 0.311. The molecule has 1 atom stereocenters. The molecule has 5 heteroatoms. The Labute approximate surface area is 88.2 Å². The van der Waals surface area contributed by atoms with E-state index in [1.807, 2.05) is 6.07 Å². The highest BCUT2D eigenvalue weighted by Gasteiger charge is 2.02. The van der Waals surface area contributed by atoms with E-state index in [4.69, 9.17) is 11.6 Å². The maximum atomic E-state index is 11.0. The van der Waals surface area contributed by atoms with Crippen LogP contribution in [-0.4, -0.2) is 10.5 Å². The van der Waals surface area contributed by atoms with Gasteiger partial charge >= 0.3 is 0 Å². The van der Waals surface area contributed by atoms with Crippen LogP contribution in [0.25, 0.3) is 0 Å². The summed E-state index contributed by atoms with van der Waals surface area (Å²) < 4.78 is 11.0. The minimum absolute atomic E-state index is 0.600. The van der Waals surface area contributed by atoms with E-state index in [1.165, 1.54) is 10.8 Å². The fraction of sp³-hybridized carbons (Fsp3) is 0.143. The third kappa shape index (κ3) is 2.42. The number of halogens is 1. The Morgan fingerprint density at radius 3 is 2.67 bits per heavy atom. The molecule has 0 bridgehead atoms. The van der Waals surface area contributed by atoms with Gasteiger partial charge in [-0.1, -0.05) is 22.4 Å². The first-order chi connectivity index (χ1) is 5.65. The van der Waals surface area contributed by atoms with Crippen LogP contribution in [0.3, 0.4) is 0 Å². The molecule has 1 unspecified atom stereocenters. The normalized spacial score (nSPS) is 12.9. The van der Waals surface area contributed by atoms with Gasteiger partial charge in [0.05, 0.1) is 5.02 Å². The smallest absolute Gasteiger partial charge is 0.0562 e. The van der Waals surface area contributed by atoms with E-state index in [1.54, 1.807) is 18.4 Å². The van der Waals surface area contributed by atoms with Crippen LogP contribution in [0.4, 0.5) is 0 Å².